The summed E-state index contributed by atoms with van der Waals surface area (Å²) in [6, 6.07) is 15.1. The number of halogens is 2. The highest BCUT2D eigenvalue weighted by Crippen LogP contribution is 2.22. The van der Waals surface area contributed by atoms with Gasteiger partial charge in [0.1, 0.15) is 0 Å². The van der Waals surface area contributed by atoms with E-state index in [1.54, 1.807) is 0 Å². The summed E-state index contributed by atoms with van der Waals surface area (Å²) in [5.41, 5.74) is 1.38. The van der Waals surface area contributed by atoms with Crippen molar-refractivity contribution in [2.75, 3.05) is 39.3 Å². The van der Waals surface area contributed by atoms with Gasteiger partial charge >= 0.3 is 0 Å². The molecule has 1 unspecified atom stereocenters. The third kappa shape index (κ3) is 4.75. The molecular formula is C21H29Cl2N3O. The normalized spacial score (nSPS) is 18.9. The second-order valence-corrected chi connectivity index (χ2v) is 7.45. The maximum Gasteiger partial charge on any atom is 0.225 e. The Bertz CT molecular complexity index is 753. The van der Waals surface area contributed by atoms with Crippen molar-refractivity contribution in [2.24, 2.45) is 11.8 Å². The van der Waals surface area contributed by atoms with E-state index >= 15 is 0 Å². The summed E-state index contributed by atoms with van der Waals surface area (Å²) in [5, 5.41) is 5.91. The van der Waals surface area contributed by atoms with Crippen LogP contribution in [0, 0.1) is 11.8 Å². The van der Waals surface area contributed by atoms with E-state index in [1.807, 2.05) is 0 Å². The number of fused-ring (bicyclic) bond motifs is 1. The van der Waals surface area contributed by atoms with Crippen LogP contribution < -0.4 is 5.32 Å². The fraction of sp³-hybridized carbons (Fsp3) is 0.476. The van der Waals surface area contributed by atoms with Crippen LogP contribution in [0.4, 0.5) is 0 Å². The maximum absolute atomic E-state index is 12.7. The average molecular weight is 410 g/mol. The van der Waals surface area contributed by atoms with Gasteiger partial charge in [-0.1, -0.05) is 49.4 Å². The molecule has 4 rings (SSSR count). The van der Waals surface area contributed by atoms with Gasteiger partial charge in [0.05, 0.1) is 0 Å². The molecule has 0 aliphatic carbocycles. The van der Waals surface area contributed by atoms with Crippen LogP contribution in [0.25, 0.3) is 10.8 Å². The first-order chi connectivity index (χ1) is 12.2. The Morgan fingerprint density at radius 1 is 1.04 bits per heavy atom. The molecule has 0 saturated carbocycles. The molecule has 2 aromatic rings. The zero-order valence-corrected chi connectivity index (χ0v) is 17.4. The standard InChI is InChI=1S/C21H27N3O.2ClH/c1-16(19-13-22-14-19)21(25)24-11-9-23(10-12-24)15-18-7-4-6-17-5-2-3-8-20(17)18;;/h2-8,16,19,22H,9-15H2,1H3;2*1H. The number of nitrogens with zero attached hydrogens (tertiary/aromatic N) is 2. The van der Waals surface area contributed by atoms with Crippen molar-refractivity contribution < 1.29 is 4.79 Å². The fourth-order valence-electron chi connectivity index (χ4n) is 3.95. The number of amides is 1. The van der Waals surface area contributed by atoms with Crippen LogP contribution in [0.5, 0.6) is 0 Å². The van der Waals surface area contributed by atoms with E-state index < -0.39 is 0 Å². The lowest BCUT2D eigenvalue weighted by Gasteiger charge is -2.39. The molecule has 2 saturated heterocycles. The van der Waals surface area contributed by atoms with E-state index in [-0.39, 0.29) is 30.7 Å². The van der Waals surface area contributed by atoms with Crippen LogP contribution in [-0.2, 0) is 11.3 Å². The first-order valence-corrected chi connectivity index (χ1v) is 9.41. The Balaban J connectivity index is 0.00000131. The Kier molecular flexibility index (Phi) is 7.92. The lowest BCUT2D eigenvalue weighted by Crippen LogP contribution is -2.54. The molecule has 2 aliphatic rings. The van der Waals surface area contributed by atoms with E-state index in [1.165, 1.54) is 16.3 Å². The Morgan fingerprint density at radius 2 is 1.70 bits per heavy atom. The molecule has 0 aromatic heterocycles. The number of benzene rings is 2. The zero-order chi connectivity index (χ0) is 17.2. The third-order valence-corrected chi connectivity index (χ3v) is 5.87. The molecule has 0 bridgehead atoms. The lowest BCUT2D eigenvalue weighted by atomic mass is 9.88. The quantitative estimate of drug-likeness (QED) is 0.841. The molecule has 2 aliphatic heterocycles. The number of nitrogens with one attached hydrogen (secondary N) is 1. The summed E-state index contributed by atoms with van der Waals surface area (Å²) < 4.78 is 0. The molecule has 4 nitrogen and oxygen atoms in total. The molecule has 1 N–H and O–H groups in total. The van der Waals surface area contributed by atoms with Gasteiger partial charge in [-0.05, 0) is 35.3 Å². The van der Waals surface area contributed by atoms with E-state index in [0.29, 0.717) is 11.8 Å². The molecule has 1 atom stereocenters. The van der Waals surface area contributed by atoms with Gasteiger partial charge in [0, 0.05) is 38.6 Å². The van der Waals surface area contributed by atoms with Gasteiger partial charge in [-0.15, -0.1) is 24.8 Å². The van der Waals surface area contributed by atoms with Crippen LogP contribution in [-0.4, -0.2) is 55.0 Å². The van der Waals surface area contributed by atoms with Crippen molar-refractivity contribution in [3.8, 4) is 0 Å². The number of piperazine rings is 1. The van der Waals surface area contributed by atoms with E-state index in [2.05, 4.69) is 64.5 Å². The molecule has 0 radical (unpaired) electrons. The van der Waals surface area contributed by atoms with Crippen LogP contribution in [0.1, 0.15) is 12.5 Å². The molecule has 1 amide bonds. The summed E-state index contributed by atoms with van der Waals surface area (Å²) in [5.74, 6) is 1.03. The number of hydrogen-bond donors (Lipinski definition) is 1. The number of carbonyl (C=O) groups excluding carboxylic acids is 1. The summed E-state index contributed by atoms with van der Waals surface area (Å²) in [6.07, 6.45) is 0. The first-order valence-electron chi connectivity index (χ1n) is 9.41. The Hall–Kier alpha value is -1.33. The summed E-state index contributed by atoms with van der Waals surface area (Å²) in [7, 11) is 0. The number of hydrogen-bond acceptors (Lipinski definition) is 3. The van der Waals surface area contributed by atoms with Crippen LogP contribution >= 0.6 is 24.8 Å². The SMILES string of the molecule is CC(C(=O)N1CCN(Cc2cccc3ccccc23)CC1)C1CNC1.Cl.Cl. The molecule has 0 spiro atoms. The van der Waals surface area contributed by atoms with Crippen molar-refractivity contribution in [1.29, 1.82) is 0 Å². The van der Waals surface area contributed by atoms with E-state index in [0.717, 1.165) is 45.8 Å². The van der Waals surface area contributed by atoms with Crippen LogP contribution in [0.3, 0.4) is 0 Å². The predicted octanol–water partition coefficient (Wildman–Crippen LogP) is 3.18. The van der Waals surface area contributed by atoms with Crippen LogP contribution in [0.2, 0.25) is 0 Å². The van der Waals surface area contributed by atoms with Gasteiger partial charge in [0.15, 0.2) is 0 Å². The molecule has 2 aromatic carbocycles. The summed E-state index contributed by atoms with van der Waals surface area (Å²) in [6.45, 7) is 8.68. The second kappa shape index (κ2) is 9.74. The van der Waals surface area contributed by atoms with Crippen molar-refractivity contribution in [2.45, 2.75) is 13.5 Å². The molecule has 2 fully saturated rings. The van der Waals surface area contributed by atoms with Gasteiger partial charge in [-0.3, -0.25) is 9.69 Å². The smallest absolute Gasteiger partial charge is 0.225 e. The average Bonchev–Trinajstić information content (AvgIpc) is 2.60. The second-order valence-electron chi connectivity index (χ2n) is 7.45. The molecule has 6 heteroatoms. The van der Waals surface area contributed by atoms with Crippen molar-refractivity contribution in [1.82, 2.24) is 15.1 Å². The lowest BCUT2D eigenvalue weighted by molar-refractivity contribution is -0.139. The van der Waals surface area contributed by atoms with Crippen molar-refractivity contribution in [3.63, 3.8) is 0 Å². The highest BCUT2D eigenvalue weighted by Gasteiger charge is 2.32. The molecule has 148 valence electrons. The highest BCUT2D eigenvalue weighted by atomic mass is 35.5. The molecule has 27 heavy (non-hydrogen) atoms. The summed E-state index contributed by atoms with van der Waals surface area (Å²) in [4.78, 5) is 17.2. The topological polar surface area (TPSA) is 35.6 Å². The number of rotatable bonds is 4. The Morgan fingerprint density at radius 3 is 2.37 bits per heavy atom. The van der Waals surface area contributed by atoms with Crippen molar-refractivity contribution >= 4 is 41.5 Å². The van der Waals surface area contributed by atoms with Crippen molar-refractivity contribution in [3.05, 3.63) is 48.0 Å². The third-order valence-electron chi connectivity index (χ3n) is 5.87. The van der Waals surface area contributed by atoms with Gasteiger partial charge in [-0.25, -0.2) is 0 Å². The van der Waals surface area contributed by atoms with E-state index in [9.17, 15) is 4.79 Å². The van der Waals surface area contributed by atoms with Gasteiger partial charge in [-0.2, -0.15) is 0 Å². The largest absolute Gasteiger partial charge is 0.340 e. The van der Waals surface area contributed by atoms with Crippen LogP contribution in [0.15, 0.2) is 42.5 Å². The predicted molar refractivity (Wildman–Crippen MR) is 116 cm³/mol. The highest BCUT2D eigenvalue weighted by molar-refractivity contribution is 5.86. The fourth-order valence-corrected chi connectivity index (χ4v) is 3.95. The van der Waals surface area contributed by atoms with Gasteiger partial charge < -0.3 is 10.2 Å². The summed E-state index contributed by atoms with van der Waals surface area (Å²) >= 11 is 0. The van der Waals surface area contributed by atoms with E-state index in [4.69, 9.17) is 0 Å². The minimum Gasteiger partial charge on any atom is -0.340 e. The minimum atomic E-state index is 0. The van der Waals surface area contributed by atoms with Gasteiger partial charge in [0.25, 0.3) is 0 Å². The monoisotopic (exact) mass is 409 g/mol. The molecular weight excluding hydrogens is 381 g/mol. The number of carbonyl (C=O) groups is 1. The zero-order valence-electron chi connectivity index (χ0n) is 15.8. The Labute approximate surface area is 174 Å². The van der Waals surface area contributed by atoms with Gasteiger partial charge in [0.2, 0.25) is 5.91 Å². The molecule has 2 heterocycles. The first kappa shape index (κ1) is 22.0. The maximum atomic E-state index is 12.7. The minimum absolute atomic E-state index is 0.